The van der Waals surface area contributed by atoms with Crippen LogP contribution in [0.5, 0.6) is 0 Å². The van der Waals surface area contributed by atoms with E-state index in [1.807, 2.05) is 12.1 Å². The van der Waals surface area contributed by atoms with Gasteiger partial charge in [-0.05, 0) is 88.5 Å². The first-order valence-electron chi connectivity index (χ1n) is 11.4. The van der Waals surface area contributed by atoms with Crippen molar-refractivity contribution in [1.82, 2.24) is 15.1 Å². The van der Waals surface area contributed by atoms with Gasteiger partial charge >= 0.3 is 0 Å². The van der Waals surface area contributed by atoms with Crippen LogP contribution in [0, 0.1) is 18.8 Å². The first-order chi connectivity index (χ1) is 13.6. The SMILES string of the molecule is Cc1ccccc1CNC(=O)CCC[C@@H]1[C@H]2CCCN3CCC[C@@H](CN1C)[C@@H]23. The lowest BCUT2D eigenvalue weighted by Gasteiger charge is -2.57. The predicted molar refractivity (Wildman–Crippen MR) is 114 cm³/mol. The minimum absolute atomic E-state index is 0.197. The highest BCUT2D eigenvalue weighted by atomic mass is 16.1. The number of benzene rings is 1. The molecule has 4 rings (SSSR count). The molecule has 28 heavy (non-hydrogen) atoms. The Hall–Kier alpha value is -1.39. The molecule has 0 spiro atoms. The fourth-order valence-corrected chi connectivity index (χ4v) is 6.20. The van der Waals surface area contributed by atoms with E-state index in [0.29, 0.717) is 19.0 Å². The second-order valence-corrected chi connectivity index (χ2v) is 9.34. The predicted octanol–water partition coefficient (Wildman–Crippen LogP) is 3.59. The second kappa shape index (κ2) is 8.96. The zero-order chi connectivity index (χ0) is 19.5. The number of likely N-dealkylation sites (tertiary alicyclic amines) is 1. The molecule has 4 nitrogen and oxygen atoms in total. The van der Waals surface area contributed by atoms with E-state index in [1.54, 1.807) is 0 Å². The van der Waals surface area contributed by atoms with Gasteiger partial charge in [-0.25, -0.2) is 0 Å². The summed E-state index contributed by atoms with van der Waals surface area (Å²) >= 11 is 0. The molecule has 0 bridgehead atoms. The summed E-state index contributed by atoms with van der Waals surface area (Å²) in [4.78, 5) is 17.8. The van der Waals surface area contributed by atoms with E-state index in [-0.39, 0.29) is 5.91 Å². The molecule has 0 radical (unpaired) electrons. The number of aryl methyl sites for hydroxylation is 1. The molecule has 3 aliphatic heterocycles. The number of hydrogen-bond acceptors (Lipinski definition) is 3. The lowest BCUT2D eigenvalue weighted by Crippen LogP contribution is -2.63. The number of nitrogens with zero attached hydrogens (tertiary/aromatic N) is 2. The van der Waals surface area contributed by atoms with Crippen molar-refractivity contribution < 1.29 is 4.79 Å². The third-order valence-corrected chi connectivity index (χ3v) is 7.57. The summed E-state index contributed by atoms with van der Waals surface area (Å²) in [6.07, 6.45) is 8.35. The summed E-state index contributed by atoms with van der Waals surface area (Å²) in [6.45, 7) is 6.63. The van der Waals surface area contributed by atoms with Crippen molar-refractivity contribution in [2.75, 3.05) is 26.7 Å². The van der Waals surface area contributed by atoms with E-state index in [4.69, 9.17) is 0 Å². The Morgan fingerprint density at radius 2 is 1.96 bits per heavy atom. The monoisotopic (exact) mass is 383 g/mol. The van der Waals surface area contributed by atoms with Crippen LogP contribution in [0.3, 0.4) is 0 Å². The third kappa shape index (κ3) is 4.28. The van der Waals surface area contributed by atoms with Gasteiger partial charge in [-0.15, -0.1) is 0 Å². The maximum atomic E-state index is 12.4. The summed E-state index contributed by atoms with van der Waals surface area (Å²) in [7, 11) is 2.33. The Morgan fingerprint density at radius 1 is 1.18 bits per heavy atom. The normalized spacial score (nSPS) is 30.6. The van der Waals surface area contributed by atoms with Crippen molar-refractivity contribution in [3.05, 3.63) is 35.4 Å². The molecule has 4 heteroatoms. The van der Waals surface area contributed by atoms with Crippen LogP contribution < -0.4 is 5.32 Å². The Labute approximate surface area is 170 Å². The molecule has 0 aliphatic carbocycles. The van der Waals surface area contributed by atoms with Gasteiger partial charge in [-0.2, -0.15) is 0 Å². The average molecular weight is 384 g/mol. The van der Waals surface area contributed by atoms with Crippen molar-refractivity contribution in [2.45, 2.75) is 70.5 Å². The van der Waals surface area contributed by atoms with Crippen LogP contribution in [-0.2, 0) is 11.3 Å². The Bertz CT molecular complexity index is 674. The molecule has 3 aliphatic rings. The largest absolute Gasteiger partial charge is 0.352 e. The van der Waals surface area contributed by atoms with Crippen molar-refractivity contribution in [3.63, 3.8) is 0 Å². The van der Waals surface area contributed by atoms with Crippen LogP contribution in [0.25, 0.3) is 0 Å². The smallest absolute Gasteiger partial charge is 0.220 e. The highest BCUT2D eigenvalue weighted by molar-refractivity contribution is 5.75. The van der Waals surface area contributed by atoms with Crippen molar-refractivity contribution in [3.8, 4) is 0 Å². The highest BCUT2D eigenvalue weighted by Crippen LogP contribution is 2.42. The van der Waals surface area contributed by atoms with Gasteiger partial charge in [0.15, 0.2) is 0 Å². The number of hydrogen-bond donors (Lipinski definition) is 1. The molecule has 0 saturated carbocycles. The second-order valence-electron chi connectivity index (χ2n) is 9.34. The van der Waals surface area contributed by atoms with Crippen molar-refractivity contribution in [2.24, 2.45) is 11.8 Å². The van der Waals surface area contributed by atoms with E-state index in [0.717, 1.165) is 30.7 Å². The Kier molecular flexibility index (Phi) is 6.37. The molecule has 3 fully saturated rings. The molecule has 154 valence electrons. The van der Waals surface area contributed by atoms with E-state index < -0.39 is 0 Å². The zero-order valence-corrected chi connectivity index (χ0v) is 17.7. The summed E-state index contributed by atoms with van der Waals surface area (Å²) in [5, 5.41) is 3.12. The molecule has 3 heterocycles. The average Bonchev–Trinajstić information content (AvgIpc) is 2.70. The van der Waals surface area contributed by atoms with Crippen LogP contribution in [0.1, 0.15) is 56.1 Å². The molecule has 3 saturated heterocycles. The molecular formula is C24H37N3O. The number of amides is 1. The van der Waals surface area contributed by atoms with E-state index in [9.17, 15) is 4.79 Å². The number of carbonyl (C=O) groups is 1. The Morgan fingerprint density at radius 3 is 2.79 bits per heavy atom. The van der Waals surface area contributed by atoms with E-state index in [1.165, 1.54) is 56.4 Å². The summed E-state index contributed by atoms with van der Waals surface area (Å²) in [6, 6.07) is 9.77. The first-order valence-corrected chi connectivity index (χ1v) is 11.4. The van der Waals surface area contributed by atoms with Crippen LogP contribution >= 0.6 is 0 Å². The van der Waals surface area contributed by atoms with Crippen molar-refractivity contribution in [1.29, 1.82) is 0 Å². The molecule has 1 aromatic carbocycles. The molecule has 1 amide bonds. The summed E-state index contributed by atoms with van der Waals surface area (Å²) in [5.41, 5.74) is 2.46. The Balaban J connectivity index is 1.27. The first kappa shape index (κ1) is 19.9. The van der Waals surface area contributed by atoms with Gasteiger partial charge in [0.2, 0.25) is 5.91 Å². The topological polar surface area (TPSA) is 35.6 Å². The standard InChI is InChI=1S/C24H37N3O/c1-18-8-3-4-9-19(18)16-25-23(28)13-5-12-22-21-11-7-15-27-14-6-10-20(24(21)27)17-26(22)2/h3-4,8-9,20-22,24H,5-7,10-17H2,1-2H3,(H,25,28)/t20-,21+,22+,24-/m0/s1. The van der Waals surface area contributed by atoms with Crippen LogP contribution in [-0.4, -0.2) is 54.5 Å². The zero-order valence-electron chi connectivity index (χ0n) is 17.7. The van der Waals surface area contributed by atoms with Gasteiger partial charge in [0, 0.05) is 31.6 Å². The molecule has 1 N–H and O–H groups in total. The van der Waals surface area contributed by atoms with Gasteiger partial charge in [0.05, 0.1) is 0 Å². The molecule has 1 aromatic rings. The number of carbonyl (C=O) groups excluding carboxylic acids is 1. The maximum absolute atomic E-state index is 12.4. The number of nitrogens with one attached hydrogen (secondary N) is 1. The van der Waals surface area contributed by atoms with Gasteiger partial charge in [-0.1, -0.05) is 24.3 Å². The minimum Gasteiger partial charge on any atom is -0.352 e. The number of piperidine rings is 3. The van der Waals surface area contributed by atoms with Gasteiger partial charge < -0.3 is 10.2 Å². The third-order valence-electron chi connectivity index (χ3n) is 7.57. The summed E-state index contributed by atoms with van der Waals surface area (Å²) in [5.74, 6) is 1.88. The van der Waals surface area contributed by atoms with E-state index in [2.05, 4.69) is 41.2 Å². The molecular weight excluding hydrogens is 346 g/mol. The lowest BCUT2D eigenvalue weighted by atomic mass is 9.69. The fraction of sp³-hybridized carbons (Fsp3) is 0.708. The highest BCUT2D eigenvalue weighted by Gasteiger charge is 2.47. The van der Waals surface area contributed by atoms with Crippen LogP contribution in [0.15, 0.2) is 24.3 Å². The molecule has 0 unspecified atom stereocenters. The maximum Gasteiger partial charge on any atom is 0.220 e. The van der Waals surface area contributed by atoms with Crippen molar-refractivity contribution >= 4 is 5.91 Å². The summed E-state index contributed by atoms with van der Waals surface area (Å²) < 4.78 is 0. The lowest BCUT2D eigenvalue weighted by molar-refractivity contribution is -0.121. The van der Waals surface area contributed by atoms with Gasteiger partial charge in [0.25, 0.3) is 0 Å². The van der Waals surface area contributed by atoms with Crippen LogP contribution in [0.4, 0.5) is 0 Å². The van der Waals surface area contributed by atoms with Gasteiger partial charge in [0.1, 0.15) is 0 Å². The van der Waals surface area contributed by atoms with E-state index >= 15 is 0 Å². The number of rotatable bonds is 6. The molecule has 4 atom stereocenters. The quantitative estimate of drug-likeness (QED) is 0.815. The molecule has 0 aromatic heterocycles. The minimum atomic E-state index is 0.197. The van der Waals surface area contributed by atoms with Gasteiger partial charge in [-0.3, -0.25) is 9.69 Å². The van der Waals surface area contributed by atoms with Crippen LogP contribution in [0.2, 0.25) is 0 Å². The fourth-order valence-electron chi connectivity index (χ4n) is 6.20.